The summed E-state index contributed by atoms with van der Waals surface area (Å²) < 4.78 is 27.1. The summed E-state index contributed by atoms with van der Waals surface area (Å²) in [6.07, 6.45) is -1.65. The quantitative estimate of drug-likeness (QED) is 0.316. The lowest BCUT2D eigenvalue weighted by Crippen LogP contribution is -2.25. The molecule has 0 saturated carbocycles. The number of aliphatic hydroxyl groups excluding tert-OH is 1. The van der Waals surface area contributed by atoms with Crippen molar-refractivity contribution >= 4 is 27.4 Å². The van der Waals surface area contributed by atoms with Gasteiger partial charge in [0.2, 0.25) is 10.0 Å². The summed E-state index contributed by atoms with van der Waals surface area (Å²) in [7, 11) is -2.83. The van der Waals surface area contributed by atoms with E-state index in [1.165, 1.54) is 19.2 Å². The molecule has 0 amide bonds. The lowest BCUT2D eigenvalue weighted by molar-refractivity contribution is -0.142. The number of nitrogen functional groups attached to an aromatic ring is 1. The molecule has 106 valence electrons. The van der Waals surface area contributed by atoms with E-state index in [-0.39, 0.29) is 22.7 Å². The zero-order chi connectivity index (χ0) is 14.6. The maximum atomic E-state index is 11.4. The number of esters is 1. The molecule has 1 aromatic carbocycles. The van der Waals surface area contributed by atoms with Crippen LogP contribution in [-0.4, -0.2) is 32.8 Å². The first kappa shape index (κ1) is 15.2. The van der Waals surface area contributed by atoms with Gasteiger partial charge in [-0.05, 0) is 18.2 Å². The molecule has 0 saturated heterocycles. The van der Waals surface area contributed by atoms with Gasteiger partial charge in [-0.2, -0.15) is 0 Å². The zero-order valence-electron chi connectivity index (χ0n) is 10.2. The summed E-state index contributed by atoms with van der Waals surface area (Å²) in [4.78, 5) is 10.7. The second-order valence-electron chi connectivity index (χ2n) is 3.74. The lowest BCUT2D eigenvalue weighted by Gasteiger charge is -2.15. The summed E-state index contributed by atoms with van der Waals surface area (Å²) in [5.74, 6) is -0.646. The van der Waals surface area contributed by atoms with E-state index in [0.717, 1.165) is 6.07 Å². The van der Waals surface area contributed by atoms with Crippen molar-refractivity contribution in [2.75, 3.05) is 18.2 Å². The Morgan fingerprint density at radius 3 is 2.68 bits per heavy atom. The Bertz CT molecular complexity index is 573. The van der Waals surface area contributed by atoms with Crippen LogP contribution in [0.4, 0.5) is 11.4 Å². The largest absolute Gasteiger partial charge is 0.469 e. The Morgan fingerprint density at radius 1 is 1.53 bits per heavy atom. The van der Waals surface area contributed by atoms with E-state index in [4.69, 9.17) is 10.9 Å². The molecule has 0 heterocycles. The first-order valence-corrected chi connectivity index (χ1v) is 6.72. The Labute approximate surface area is 110 Å². The van der Waals surface area contributed by atoms with E-state index in [1.54, 1.807) is 0 Å². The Morgan fingerprint density at radius 2 is 2.16 bits per heavy atom. The number of rotatable bonds is 5. The van der Waals surface area contributed by atoms with Crippen LogP contribution in [0.5, 0.6) is 0 Å². The van der Waals surface area contributed by atoms with Crippen LogP contribution < -0.4 is 16.2 Å². The van der Waals surface area contributed by atoms with Crippen LogP contribution >= 0.6 is 0 Å². The van der Waals surface area contributed by atoms with E-state index in [0.29, 0.717) is 0 Å². The van der Waals surface area contributed by atoms with Crippen molar-refractivity contribution in [3.8, 4) is 0 Å². The summed E-state index contributed by atoms with van der Waals surface area (Å²) >= 11 is 0. The molecule has 1 unspecified atom stereocenters. The van der Waals surface area contributed by atoms with Crippen LogP contribution in [0.2, 0.25) is 0 Å². The maximum Gasteiger partial charge on any atom is 0.310 e. The Kier molecular flexibility index (Phi) is 4.70. The first-order valence-electron chi connectivity index (χ1n) is 5.18. The van der Waals surface area contributed by atoms with Crippen LogP contribution in [0.15, 0.2) is 23.1 Å². The minimum absolute atomic E-state index is 0.0492. The van der Waals surface area contributed by atoms with Crippen LogP contribution in [-0.2, 0) is 19.6 Å². The molecule has 9 heteroatoms. The van der Waals surface area contributed by atoms with Gasteiger partial charge >= 0.3 is 5.97 Å². The molecular formula is C10H15N3O5S. The molecule has 0 radical (unpaired) electrons. The molecule has 0 fully saturated rings. The second kappa shape index (κ2) is 5.87. The van der Waals surface area contributed by atoms with Gasteiger partial charge in [0.05, 0.1) is 19.2 Å². The number of carbonyl (C=O) groups excluding carboxylic acids is 1. The number of nitrogens with two attached hydrogens (primary N) is 2. The molecule has 19 heavy (non-hydrogen) atoms. The van der Waals surface area contributed by atoms with Crippen molar-refractivity contribution in [3.05, 3.63) is 18.2 Å². The number of methoxy groups -OCH3 is 1. The van der Waals surface area contributed by atoms with Gasteiger partial charge in [0, 0.05) is 5.69 Å². The van der Waals surface area contributed by atoms with Crippen LogP contribution in [0.3, 0.4) is 0 Å². The molecular weight excluding hydrogens is 274 g/mol. The lowest BCUT2D eigenvalue weighted by atomic mass is 10.2. The molecule has 0 aliphatic carbocycles. The van der Waals surface area contributed by atoms with Crippen molar-refractivity contribution in [3.63, 3.8) is 0 Å². The number of benzene rings is 1. The molecule has 0 aromatic heterocycles. The van der Waals surface area contributed by atoms with Gasteiger partial charge < -0.3 is 20.9 Å². The highest BCUT2D eigenvalue weighted by atomic mass is 32.2. The van der Waals surface area contributed by atoms with Crippen molar-refractivity contribution < 1.29 is 23.1 Å². The zero-order valence-corrected chi connectivity index (χ0v) is 11.0. The fraction of sp³-hybridized carbons (Fsp3) is 0.300. The molecule has 1 aromatic rings. The minimum atomic E-state index is -4.01. The molecule has 8 nitrogen and oxygen atoms in total. The third-order valence-electron chi connectivity index (χ3n) is 2.22. The smallest absolute Gasteiger partial charge is 0.310 e. The van der Waals surface area contributed by atoms with Crippen molar-refractivity contribution in [1.82, 2.24) is 0 Å². The van der Waals surface area contributed by atoms with Crippen LogP contribution in [0.25, 0.3) is 0 Å². The summed E-state index contributed by atoms with van der Waals surface area (Å²) in [6, 6.07) is 3.93. The van der Waals surface area contributed by atoms with Crippen LogP contribution in [0, 0.1) is 0 Å². The topological polar surface area (TPSA) is 145 Å². The number of nitrogens with one attached hydrogen (secondary N) is 1. The molecule has 0 bridgehead atoms. The fourth-order valence-electron chi connectivity index (χ4n) is 1.37. The van der Waals surface area contributed by atoms with E-state index < -0.39 is 22.2 Å². The third-order valence-corrected chi connectivity index (χ3v) is 3.17. The number of aliphatic hydroxyl groups is 1. The molecule has 6 N–H and O–H groups in total. The average Bonchev–Trinajstić information content (AvgIpc) is 2.29. The molecule has 0 aliphatic rings. The maximum absolute atomic E-state index is 11.4. The van der Waals surface area contributed by atoms with Gasteiger partial charge in [-0.15, -0.1) is 0 Å². The standard InChI is InChI=1S/C10H15N3O5S/c1-18-10(15)5-9(14)13-7-3-2-6(11)4-8(7)19(12,16)17/h2-4,9,13-14H,5,11H2,1H3,(H2,12,16,17). The van der Waals surface area contributed by atoms with Crippen molar-refractivity contribution in [2.45, 2.75) is 17.5 Å². The summed E-state index contributed by atoms with van der Waals surface area (Å²) in [6.45, 7) is 0. The van der Waals surface area contributed by atoms with Gasteiger partial charge in [0.15, 0.2) is 0 Å². The third kappa shape index (κ3) is 4.39. The van der Waals surface area contributed by atoms with Gasteiger partial charge in [0.1, 0.15) is 11.1 Å². The number of ether oxygens (including phenoxy) is 1. The number of hydrogen-bond acceptors (Lipinski definition) is 7. The highest BCUT2D eigenvalue weighted by Crippen LogP contribution is 2.23. The number of hydrogen-bond donors (Lipinski definition) is 4. The van der Waals surface area contributed by atoms with E-state index in [9.17, 15) is 18.3 Å². The van der Waals surface area contributed by atoms with E-state index in [2.05, 4.69) is 10.1 Å². The van der Waals surface area contributed by atoms with E-state index >= 15 is 0 Å². The first-order chi connectivity index (χ1) is 8.74. The Hall–Kier alpha value is -1.84. The van der Waals surface area contributed by atoms with Crippen LogP contribution in [0.1, 0.15) is 6.42 Å². The molecule has 1 rings (SSSR count). The molecule has 0 spiro atoms. The summed E-state index contributed by atoms with van der Waals surface area (Å²) in [5.41, 5.74) is 5.73. The van der Waals surface area contributed by atoms with Gasteiger partial charge in [-0.25, -0.2) is 13.6 Å². The van der Waals surface area contributed by atoms with Gasteiger partial charge in [-0.1, -0.05) is 0 Å². The monoisotopic (exact) mass is 289 g/mol. The highest BCUT2D eigenvalue weighted by Gasteiger charge is 2.18. The number of primary sulfonamides is 1. The Balaban J connectivity index is 2.98. The van der Waals surface area contributed by atoms with Crippen molar-refractivity contribution in [1.29, 1.82) is 0 Å². The SMILES string of the molecule is COC(=O)CC(O)Nc1ccc(N)cc1S(N)(=O)=O. The number of sulfonamides is 1. The highest BCUT2D eigenvalue weighted by molar-refractivity contribution is 7.89. The minimum Gasteiger partial charge on any atom is -0.469 e. The normalized spacial score (nSPS) is 12.8. The van der Waals surface area contributed by atoms with E-state index in [1.807, 2.05) is 0 Å². The summed E-state index contributed by atoms with van der Waals surface area (Å²) in [5, 5.41) is 17.1. The predicted molar refractivity (Wildman–Crippen MR) is 68.5 cm³/mol. The second-order valence-corrected chi connectivity index (χ2v) is 5.27. The predicted octanol–water partition coefficient (Wildman–Crippen LogP) is -0.790. The van der Waals surface area contributed by atoms with Gasteiger partial charge in [-0.3, -0.25) is 4.79 Å². The average molecular weight is 289 g/mol. The number of carbonyl (C=O) groups is 1. The molecule has 0 aliphatic heterocycles. The fourth-order valence-corrected chi connectivity index (χ4v) is 2.10. The molecule has 1 atom stereocenters. The van der Waals surface area contributed by atoms with Gasteiger partial charge in [0.25, 0.3) is 0 Å². The number of anilines is 2. The van der Waals surface area contributed by atoms with Crippen molar-refractivity contribution in [2.24, 2.45) is 5.14 Å².